The third-order valence-electron chi connectivity index (χ3n) is 5.73. The molecule has 32 heavy (non-hydrogen) atoms. The van der Waals surface area contributed by atoms with Gasteiger partial charge in [0.05, 0.1) is 17.6 Å². The summed E-state index contributed by atoms with van der Waals surface area (Å²) in [6, 6.07) is 7.47. The normalized spacial score (nSPS) is 19.1. The number of aromatic nitrogens is 2. The zero-order valence-electron chi connectivity index (χ0n) is 17.6. The summed E-state index contributed by atoms with van der Waals surface area (Å²) >= 11 is 5.85. The molecule has 1 aliphatic heterocycles. The molecule has 9 heteroatoms. The fraction of sp³-hybridized carbons (Fsp3) is 0.348. The van der Waals surface area contributed by atoms with Crippen LogP contribution in [0.3, 0.4) is 0 Å². The van der Waals surface area contributed by atoms with Gasteiger partial charge in [0.2, 0.25) is 11.8 Å². The maximum absolute atomic E-state index is 13.3. The summed E-state index contributed by atoms with van der Waals surface area (Å²) in [5.74, 6) is -0.673. The Kier molecular flexibility index (Phi) is 6.72. The topological polar surface area (TPSA) is 98.9 Å². The molecule has 0 aliphatic carbocycles. The van der Waals surface area contributed by atoms with Crippen molar-refractivity contribution >= 4 is 34.3 Å². The van der Waals surface area contributed by atoms with Gasteiger partial charge in [0, 0.05) is 29.0 Å². The molecule has 2 amide bonds. The summed E-state index contributed by atoms with van der Waals surface area (Å²) in [4.78, 5) is 32.3. The molecule has 168 valence electrons. The quantitative estimate of drug-likeness (QED) is 0.438. The Morgan fingerprint density at radius 1 is 1.31 bits per heavy atom. The highest BCUT2D eigenvalue weighted by Gasteiger charge is 2.31. The minimum absolute atomic E-state index is 0.103. The van der Waals surface area contributed by atoms with E-state index in [0.717, 1.165) is 22.2 Å². The average Bonchev–Trinajstić information content (AvgIpc) is 3.41. The molecule has 0 spiro atoms. The lowest BCUT2D eigenvalue weighted by Gasteiger charge is -2.17. The third kappa shape index (κ3) is 5.26. The van der Waals surface area contributed by atoms with E-state index in [9.17, 15) is 14.0 Å². The van der Waals surface area contributed by atoms with Crippen molar-refractivity contribution in [2.75, 3.05) is 6.54 Å². The van der Waals surface area contributed by atoms with E-state index in [2.05, 4.69) is 25.9 Å². The van der Waals surface area contributed by atoms with Crippen LogP contribution in [-0.4, -0.2) is 40.4 Å². The van der Waals surface area contributed by atoms with Crippen molar-refractivity contribution in [1.82, 2.24) is 25.9 Å². The lowest BCUT2D eigenvalue weighted by Crippen LogP contribution is -2.49. The fourth-order valence-corrected chi connectivity index (χ4v) is 4.21. The van der Waals surface area contributed by atoms with E-state index in [0.29, 0.717) is 25.9 Å². The maximum Gasteiger partial charge on any atom is 0.242 e. The van der Waals surface area contributed by atoms with E-state index in [-0.39, 0.29) is 28.8 Å². The first-order valence-corrected chi connectivity index (χ1v) is 10.9. The van der Waals surface area contributed by atoms with Crippen molar-refractivity contribution in [2.24, 2.45) is 5.92 Å². The number of amides is 2. The van der Waals surface area contributed by atoms with Crippen molar-refractivity contribution < 1.29 is 14.0 Å². The highest BCUT2D eigenvalue weighted by atomic mass is 35.5. The fourth-order valence-electron chi connectivity index (χ4n) is 4.01. The third-order valence-corrected chi connectivity index (χ3v) is 6.02. The second kappa shape index (κ2) is 9.67. The van der Waals surface area contributed by atoms with E-state index < -0.39 is 11.9 Å². The van der Waals surface area contributed by atoms with Gasteiger partial charge < -0.3 is 20.9 Å². The van der Waals surface area contributed by atoms with Crippen LogP contribution in [0.2, 0.25) is 5.02 Å². The van der Waals surface area contributed by atoms with Crippen LogP contribution in [0, 0.1) is 11.7 Å². The van der Waals surface area contributed by atoms with Gasteiger partial charge in [-0.3, -0.25) is 14.6 Å². The number of benzene rings is 1. The van der Waals surface area contributed by atoms with Crippen LogP contribution >= 0.6 is 11.6 Å². The van der Waals surface area contributed by atoms with E-state index in [1.54, 1.807) is 31.5 Å². The summed E-state index contributed by atoms with van der Waals surface area (Å²) in [5.41, 5.74) is 2.75. The molecular weight excluding hydrogens is 433 g/mol. The molecule has 3 heterocycles. The second-order valence-electron chi connectivity index (χ2n) is 8.22. The molecule has 1 saturated heterocycles. The van der Waals surface area contributed by atoms with Crippen molar-refractivity contribution in [3.8, 4) is 0 Å². The Labute approximate surface area is 190 Å². The smallest absolute Gasteiger partial charge is 0.242 e. The van der Waals surface area contributed by atoms with Crippen LogP contribution in [0.15, 0.2) is 42.7 Å². The van der Waals surface area contributed by atoms with Gasteiger partial charge in [0.15, 0.2) is 0 Å². The molecule has 3 aromatic rings. The molecule has 0 radical (unpaired) electrons. The van der Waals surface area contributed by atoms with E-state index in [1.807, 2.05) is 12.1 Å². The van der Waals surface area contributed by atoms with E-state index in [4.69, 9.17) is 11.6 Å². The largest absolute Gasteiger partial charge is 0.357 e. The summed E-state index contributed by atoms with van der Waals surface area (Å²) in [5, 5.41) is 9.91. The molecule has 1 fully saturated rings. The molecule has 4 rings (SSSR count). The van der Waals surface area contributed by atoms with E-state index >= 15 is 0 Å². The van der Waals surface area contributed by atoms with Gasteiger partial charge in [-0.25, -0.2) is 4.39 Å². The van der Waals surface area contributed by atoms with Crippen molar-refractivity contribution in [3.05, 3.63) is 64.8 Å². The van der Waals surface area contributed by atoms with Crippen molar-refractivity contribution in [2.45, 2.75) is 38.4 Å². The van der Waals surface area contributed by atoms with Gasteiger partial charge >= 0.3 is 0 Å². The molecular formula is C23H25ClFN5O2. The number of halogens is 2. The van der Waals surface area contributed by atoms with Gasteiger partial charge in [-0.2, -0.15) is 0 Å². The van der Waals surface area contributed by atoms with E-state index in [1.165, 1.54) is 6.07 Å². The number of rotatable bonds is 7. The number of fused-ring (bicyclic) bond motifs is 1. The number of carbonyl (C=O) groups excluding carboxylic acids is 2. The summed E-state index contributed by atoms with van der Waals surface area (Å²) in [6.45, 7) is 2.66. The van der Waals surface area contributed by atoms with Gasteiger partial charge in [0.25, 0.3) is 0 Å². The average molecular weight is 458 g/mol. The Hall–Kier alpha value is -2.97. The van der Waals surface area contributed by atoms with Crippen LogP contribution in [0.5, 0.6) is 0 Å². The van der Waals surface area contributed by atoms with Crippen LogP contribution in [-0.2, 0) is 22.6 Å². The number of carbonyl (C=O) groups is 2. The summed E-state index contributed by atoms with van der Waals surface area (Å²) in [7, 11) is 0. The SMILES string of the molecule is C[C@H](NC(=O)[C@H]1C[C@H](Cc2ccc(F)c(Cl)c2)CN1)C(=O)NCc1cc2cnccc2[nH]1. The molecule has 0 unspecified atom stereocenters. The summed E-state index contributed by atoms with van der Waals surface area (Å²) < 4.78 is 13.3. The van der Waals surface area contributed by atoms with Crippen molar-refractivity contribution in [3.63, 3.8) is 0 Å². The molecule has 7 nitrogen and oxygen atoms in total. The molecule has 1 aliphatic rings. The molecule has 2 aromatic heterocycles. The molecule has 1 aromatic carbocycles. The highest BCUT2D eigenvalue weighted by Crippen LogP contribution is 2.23. The number of H-pyrrole nitrogens is 1. The zero-order chi connectivity index (χ0) is 22.7. The van der Waals surface area contributed by atoms with Crippen LogP contribution < -0.4 is 16.0 Å². The lowest BCUT2D eigenvalue weighted by molar-refractivity contribution is -0.129. The number of pyridine rings is 1. The predicted octanol–water partition coefficient (Wildman–Crippen LogP) is 2.70. The minimum Gasteiger partial charge on any atom is -0.357 e. The molecule has 0 bridgehead atoms. The number of hydrogen-bond donors (Lipinski definition) is 4. The maximum atomic E-state index is 13.3. The van der Waals surface area contributed by atoms with Crippen LogP contribution in [0.1, 0.15) is 24.6 Å². The number of hydrogen-bond acceptors (Lipinski definition) is 4. The first kappa shape index (κ1) is 22.2. The van der Waals surface area contributed by atoms with Gasteiger partial charge in [0.1, 0.15) is 11.9 Å². The number of nitrogens with one attached hydrogen (secondary N) is 4. The van der Waals surface area contributed by atoms with Crippen LogP contribution in [0.25, 0.3) is 10.9 Å². The monoisotopic (exact) mass is 457 g/mol. The van der Waals surface area contributed by atoms with Crippen molar-refractivity contribution in [1.29, 1.82) is 0 Å². The summed E-state index contributed by atoms with van der Waals surface area (Å²) in [6.07, 6.45) is 4.80. The predicted molar refractivity (Wildman–Crippen MR) is 121 cm³/mol. The van der Waals surface area contributed by atoms with Gasteiger partial charge in [-0.15, -0.1) is 0 Å². The Morgan fingerprint density at radius 2 is 2.16 bits per heavy atom. The second-order valence-corrected chi connectivity index (χ2v) is 8.63. The molecule has 4 N–H and O–H groups in total. The lowest BCUT2D eigenvalue weighted by atomic mass is 9.96. The van der Waals surface area contributed by atoms with Gasteiger partial charge in [-0.05, 0) is 62.1 Å². The molecule has 0 saturated carbocycles. The standard InChI is InChI=1S/C23H25ClFN5O2/c1-13(22(31)28-12-17-9-16-11-26-5-4-20(16)30-17)29-23(32)21-8-15(10-27-21)6-14-2-3-19(25)18(24)7-14/h2-5,7,9,11,13,15,21,27,30H,6,8,10,12H2,1H3,(H,28,31)(H,29,32)/t13-,15-,21+/m0/s1. The Bertz CT molecular complexity index is 1100. The highest BCUT2D eigenvalue weighted by molar-refractivity contribution is 6.30. The first-order valence-electron chi connectivity index (χ1n) is 10.6. The number of aromatic amines is 1. The first-order chi connectivity index (χ1) is 15.4. The molecule has 3 atom stereocenters. The van der Waals surface area contributed by atoms with Gasteiger partial charge in [-0.1, -0.05) is 17.7 Å². The minimum atomic E-state index is -0.662. The van der Waals surface area contributed by atoms with Crippen LogP contribution in [0.4, 0.5) is 4.39 Å². The Balaban J connectivity index is 1.23. The zero-order valence-corrected chi connectivity index (χ0v) is 18.4. The number of nitrogens with zero attached hydrogens (tertiary/aromatic N) is 1. The Morgan fingerprint density at radius 3 is 2.94 bits per heavy atom.